The van der Waals surface area contributed by atoms with Gasteiger partial charge >= 0.3 is 5.97 Å². The molecular weight excluding hydrogens is 234 g/mol. The number of aliphatic hydroxyl groups is 1. The van der Waals surface area contributed by atoms with E-state index in [1.165, 1.54) is 0 Å². The van der Waals surface area contributed by atoms with Crippen molar-refractivity contribution in [3.63, 3.8) is 0 Å². The Kier molecular flexibility index (Phi) is 3.31. The molecule has 0 aromatic heterocycles. The fraction of sp³-hybridized carbons (Fsp3) is 0.125. The first kappa shape index (κ1) is 11.2. The number of rotatable bonds is 2. The zero-order valence-electron chi connectivity index (χ0n) is 6.67. The summed E-state index contributed by atoms with van der Waals surface area (Å²) in [5, 5.41) is 16.9. The van der Waals surface area contributed by atoms with Gasteiger partial charge in [0, 0.05) is 5.56 Å². The lowest BCUT2D eigenvalue weighted by Gasteiger charge is -2.09. The summed E-state index contributed by atoms with van der Waals surface area (Å²) in [6, 6.07) is 2.01. The fourth-order valence-electron chi connectivity index (χ4n) is 0.885. The van der Waals surface area contributed by atoms with Gasteiger partial charge in [-0.25, -0.2) is 9.18 Å². The monoisotopic (exact) mass is 238 g/mol. The van der Waals surface area contributed by atoms with Gasteiger partial charge < -0.3 is 10.2 Å². The molecule has 1 aromatic rings. The molecule has 1 rings (SSSR count). The molecule has 0 unspecified atom stereocenters. The van der Waals surface area contributed by atoms with Gasteiger partial charge in [0.15, 0.2) is 6.10 Å². The van der Waals surface area contributed by atoms with Crippen LogP contribution in [0.5, 0.6) is 0 Å². The van der Waals surface area contributed by atoms with Crippen LogP contribution >= 0.6 is 23.2 Å². The quantitative estimate of drug-likeness (QED) is 0.778. The van der Waals surface area contributed by atoms with Crippen LogP contribution in [-0.2, 0) is 4.79 Å². The van der Waals surface area contributed by atoms with Crippen molar-refractivity contribution in [3.05, 3.63) is 33.6 Å². The lowest BCUT2D eigenvalue weighted by Crippen LogP contribution is -2.11. The zero-order chi connectivity index (χ0) is 10.9. The normalized spacial score (nSPS) is 12.6. The maximum Gasteiger partial charge on any atom is 0.337 e. The standard InChI is InChI=1S/C8H5Cl2FO3/c9-5-3(7(12)8(13)14)1-2-4(11)6(5)10/h1-2,7,12H,(H,13,14)/t7-/m1/s1. The summed E-state index contributed by atoms with van der Waals surface area (Å²) in [7, 11) is 0. The molecule has 1 atom stereocenters. The van der Waals surface area contributed by atoms with Crippen molar-refractivity contribution in [2.75, 3.05) is 0 Å². The third kappa shape index (κ3) is 1.97. The zero-order valence-corrected chi connectivity index (χ0v) is 8.18. The van der Waals surface area contributed by atoms with Gasteiger partial charge in [0.1, 0.15) is 5.82 Å². The average molecular weight is 239 g/mol. The number of carbonyl (C=O) groups is 1. The highest BCUT2D eigenvalue weighted by molar-refractivity contribution is 6.42. The largest absolute Gasteiger partial charge is 0.479 e. The van der Waals surface area contributed by atoms with E-state index in [0.717, 1.165) is 12.1 Å². The van der Waals surface area contributed by atoms with Crippen LogP contribution in [0.2, 0.25) is 10.0 Å². The number of hydrogen-bond donors (Lipinski definition) is 2. The lowest BCUT2D eigenvalue weighted by atomic mass is 10.1. The van der Waals surface area contributed by atoms with Crippen LogP contribution in [0.25, 0.3) is 0 Å². The van der Waals surface area contributed by atoms with Gasteiger partial charge in [0.2, 0.25) is 0 Å². The number of aliphatic hydroxyl groups excluding tert-OH is 1. The highest BCUT2D eigenvalue weighted by atomic mass is 35.5. The third-order valence-electron chi connectivity index (χ3n) is 1.59. The van der Waals surface area contributed by atoms with Gasteiger partial charge in [-0.05, 0) is 6.07 Å². The second kappa shape index (κ2) is 4.13. The summed E-state index contributed by atoms with van der Waals surface area (Å²) in [4.78, 5) is 10.4. The van der Waals surface area contributed by atoms with Gasteiger partial charge in [-0.1, -0.05) is 29.3 Å². The minimum atomic E-state index is -1.81. The molecule has 3 nitrogen and oxygen atoms in total. The molecule has 14 heavy (non-hydrogen) atoms. The first-order valence-electron chi connectivity index (χ1n) is 3.49. The molecule has 0 saturated carbocycles. The average Bonchev–Trinajstić information content (AvgIpc) is 2.13. The van der Waals surface area contributed by atoms with Gasteiger partial charge in [0.25, 0.3) is 0 Å². The molecule has 6 heteroatoms. The van der Waals surface area contributed by atoms with Crippen molar-refractivity contribution in [1.29, 1.82) is 0 Å². The molecule has 0 amide bonds. The van der Waals surface area contributed by atoms with Crippen molar-refractivity contribution in [3.8, 4) is 0 Å². The molecule has 0 saturated heterocycles. The maximum atomic E-state index is 12.8. The third-order valence-corrected chi connectivity index (χ3v) is 2.47. The van der Waals surface area contributed by atoms with Crippen LogP contribution < -0.4 is 0 Å². The van der Waals surface area contributed by atoms with Crippen molar-refractivity contribution in [2.45, 2.75) is 6.10 Å². The van der Waals surface area contributed by atoms with E-state index in [1.54, 1.807) is 0 Å². The first-order chi connectivity index (χ1) is 6.45. The second-order valence-electron chi connectivity index (χ2n) is 2.51. The molecule has 0 aliphatic heterocycles. The molecule has 0 fully saturated rings. The van der Waals surface area contributed by atoms with E-state index in [1.807, 2.05) is 0 Å². The van der Waals surface area contributed by atoms with Crippen LogP contribution in [0.3, 0.4) is 0 Å². The Morgan fingerprint density at radius 1 is 1.36 bits per heavy atom. The van der Waals surface area contributed by atoms with Crippen molar-refractivity contribution in [1.82, 2.24) is 0 Å². The summed E-state index contributed by atoms with van der Waals surface area (Å²) in [6.45, 7) is 0. The minimum absolute atomic E-state index is 0.134. The fourth-order valence-corrected chi connectivity index (χ4v) is 1.31. The number of carboxylic acids is 1. The topological polar surface area (TPSA) is 57.5 Å². The maximum absolute atomic E-state index is 12.8. The summed E-state index contributed by atoms with van der Waals surface area (Å²) in [5.74, 6) is -2.24. The smallest absolute Gasteiger partial charge is 0.337 e. The molecule has 0 heterocycles. The van der Waals surface area contributed by atoms with Gasteiger partial charge in [-0.3, -0.25) is 0 Å². The van der Waals surface area contributed by atoms with E-state index in [9.17, 15) is 9.18 Å². The summed E-state index contributed by atoms with van der Waals surface area (Å²) in [5.41, 5.74) is -0.134. The number of halogens is 3. The molecular formula is C8H5Cl2FO3. The molecule has 0 bridgehead atoms. The highest BCUT2D eigenvalue weighted by Gasteiger charge is 2.21. The number of aliphatic carboxylic acids is 1. The summed E-state index contributed by atoms with van der Waals surface area (Å²) in [6.07, 6.45) is -1.81. The Bertz CT molecular complexity index is 381. The van der Waals surface area contributed by atoms with Crippen LogP contribution in [-0.4, -0.2) is 16.2 Å². The predicted octanol–water partition coefficient (Wildman–Crippen LogP) is 2.25. The Labute approximate surface area is 88.7 Å². The molecule has 0 aliphatic carbocycles. The van der Waals surface area contributed by atoms with E-state index >= 15 is 0 Å². The Morgan fingerprint density at radius 3 is 2.43 bits per heavy atom. The Morgan fingerprint density at radius 2 is 1.93 bits per heavy atom. The van der Waals surface area contributed by atoms with E-state index in [-0.39, 0.29) is 10.6 Å². The molecule has 1 aromatic carbocycles. The van der Waals surface area contributed by atoms with Crippen molar-refractivity contribution < 1.29 is 19.4 Å². The molecule has 76 valence electrons. The van der Waals surface area contributed by atoms with Gasteiger partial charge in [0.05, 0.1) is 10.0 Å². The predicted molar refractivity (Wildman–Crippen MR) is 49.0 cm³/mol. The lowest BCUT2D eigenvalue weighted by molar-refractivity contribution is -0.146. The van der Waals surface area contributed by atoms with Crippen LogP contribution in [0, 0.1) is 5.82 Å². The SMILES string of the molecule is O=C(O)[C@H](O)c1ccc(F)c(Cl)c1Cl. The summed E-state index contributed by atoms with van der Waals surface area (Å²) < 4.78 is 12.8. The van der Waals surface area contributed by atoms with Crippen LogP contribution in [0.15, 0.2) is 12.1 Å². The van der Waals surface area contributed by atoms with E-state index < -0.39 is 22.9 Å². The van der Waals surface area contributed by atoms with Gasteiger partial charge in [-0.15, -0.1) is 0 Å². The molecule has 2 N–H and O–H groups in total. The van der Waals surface area contributed by atoms with Crippen LogP contribution in [0.1, 0.15) is 11.7 Å². The van der Waals surface area contributed by atoms with E-state index in [2.05, 4.69) is 0 Å². The number of hydrogen-bond acceptors (Lipinski definition) is 2. The highest BCUT2D eigenvalue weighted by Crippen LogP contribution is 2.32. The minimum Gasteiger partial charge on any atom is -0.479 e. The second-order valence-corrected chi connectivity index (χ2v) is 3.26. The Hall–Kier alpha value is -0.840. The van der Waals surface area contributed by atoms with Crippen LogP contribution in [0.4, 0.5) is 4.39 Å². The van der Waals surface area contributed by atoms with E-state index in [4.69, 9.17) is 33.4 Å². The number of carboxylic acid groups (broad SMARTS) is 1. The molecule has 0 radical (unpaired) electrons. The van der Waals surface area contributed by atoms with E-state index in [0.29, 0.717) is 0 Å². The molecule has 0 aliphatic rings. The van der Waals surface area contributed by atoms with Crippen molar-refractivity contribution >= 4 is 29.2 Å². The van der Waals surface area contributed by atoms with Gasteiger partial charge in [-0.2, -0.15) is 0 Å². The first-order valence-corrected chi connectivity index (χ1v) is 4.25. The van der Waals surface area contributed by atoms with Crippen molar-refractivity contribution in [2.24, 2.45) is 0 Å². The summed E-state index contributed by atoms with van der Waals surface area (Å²) >= 11 is 11.0. The molecule has 0 spiro atoms. The number of benzene rings is 1. The Balaban J connectivity index is 3.24.